The van der Waals surface area contributed by atoms with Crippen LogP contribution < -0.4 is 20.3 Å². The number of aryl methyl sites for hydroxylation is 1. The summed E-state index contributed by atoms with van der Waals surface area (Å²) in [6.45, 7) is 3.56. The lowest BCUT2D eigenvalue weighted by Gasteiger charge is -2.29. The highest BCUT2D eigenvalue weighted by molar-refractivity contribution is 6.32. The van der Waals surface area contributed by atoms with Gasteiger partial charge >= 0.3 is 6.18 Å². The van der Waals surface area contributed by atoms with Crippen molar-refractivity contribution < 1.29 is 22.7 Å². The van der Waals surface area contributed by atoms with Crippen molar-refractivity contribution >= 4 is 39.9 Å². The molecule has 0 radical (unpaired) electrons. The zero-order valence-corrected chi connectivity index (χ0v) is 19.0. The summed E-state index contributed by atoms with van der Waals surface area (Å²) in [5.74, 6) is 0.512. The number of hydrogen-bond acceptors (Lipinski definition) is 5. The summed E-state index contributed by atoms with van der Waals surface area (Å²) in [7, 11) is 0. The Morgan fingerprint density at radius 1 is 1.26 bits per heavy atom. The molecule has 2 saturated heterocycles. The molecular weight excluding hydrogens is 469 g/mol. The first-order valence-corrected chi connectivity index (χ1v) is 11.3. The fourth-order valence-electron chi connectivity index (χ4n) is 4.58. The SMILES string of the molecule is Cc1cc(N2CC3CC2CN3)nc2ccc(NC(=O)COc3ccc(C(F)(F)F)cc3Cl)cc12. The predicted octanol–water partition coefficient (Wildman–Crippen LogP) is 4.78. The number of alkyl halides is 3. The van der Waals surface area contributed by atoms with E-state index >= 15 is 0 Å². The maximum absolute atomic E-state index is 12.8. The van der Waals surface area contributed by atoms with Gasteiger partial charge in [-0.1, -0.05) is 11.6 Å². The Morgan fingerprint density at radius 3 is 2.76 bits per heavy atom. The number of ether oxygens (including phenoxy) is 1. The van der Waals surface area contributed by atoms with Crippen LogP contribution in [-0.4, -0.2) is 42.7 Å². The van der Waals surface area contributed by atoms with Gasteiger partial charge in [0.2, 0.25) is 0 Å². The third-order valence-corrected chi connectivity index (χ3v) is 6.55. The summed E-state index contributed by atoms with van der Waals surface area (Å²) >= 11 is 5.87. The minimum absolute atomic E-state index is 0.00159. The number of nitrogens with zero attached hydrogens (tertiary/aromatic N) is 2. The van der Waals surface area contributed by atoms with Gasteiger partial charge in [0.15, 0.2) is 6.61 Å². The van der Waals surface area contributed by atoms with E-state index in [2.05, 4.69) is 21.6 Å². The summed E-state index contributed by atoms with van der Waals surface area (Å²) < 4.78 is 43.6. The van der Waals surface area contributed by atoms with Crippen LogP contribution in [0.1, 0.15) is 17.5 Å². The minimum atomic E-state index is -4.51. The number of hydrogen-bond donors (Lipinski definition) is 2. The van der Waals surface area contributed by atoms with Gasteiger partial charge in [-0.05, 0) is 61.4 Å². The Morgan fingerprint density at radius 2 is 2.09 bits per heavy atom. The van der Waals surface area contributed by atoms with E-state index in [1.807, 2.05) is 19.1 Å². The molecule has 178 valence electrons. The lowest BCUT2D eigenvalue weighted by Crippen LogP contribution is -2.44. The number of nitrogens with one attached hydrogen (secondary N) is 2. The summed E-state index contributed by atoms with van der Waals surface area (Å²) in [6.07, 6.45) is -3.36. The molecule has 5 rings (SSSR count). The molecular formula is C24H22ClF3N4O2. The van der Waals surface area contributed by atoms with Gasteiger partial charge in [-0.25, -0.2) is 4.98 Å². The average Bonchev–Trinajstić information content (AvgIpc) is 3.42. The van der Waals surface area contributed by atoms with Gasteiger partial charge in [0.1, 0.15) is 11.6 Å². The summed E-state index contributed by atoms with van der Waals surface area (Å²) in [4.78, 5) is 19.5. The fraction of sp³-hybridized carbons (Fsp3) is 0.333. The van der Waals surface area contributed by atoms with Crippen molar-refractivity contribution in [2.24, 2.45) is 0 Å². The molecule has 0 spiro atoms. The highest BCUT2D eigenvalue weighted by Gasteiger charge is 2.38. The zero-order valence-electron chi connectivity index (χ0n) is 18.2. The molecule has 2 aliphatic heterocycles. The molecule has 1 amide bonds. The van der Waals surface area contributed by atoms with E-state index in [1.165, 1.54) is 0 Å². The first kappa shape index (κ1) is 22.7. The molecule has 2 aliphatic rings. The van der Waals surface area contributed by atoms with Gasteiger partial charge in [-0.15, -0.1) is 0 Å². The smallest absolute Gasteiger partial charge is 0.416 e. The molecule has 34 heavy (non-hydrogen) atoms. The summed E-state index contributed by atoms with van der Waals surface area (Å²) in [5.41, 5.74) is 1.59. The molecule has 2 fully saturated rings. The van der Waals surface area contributed by atoms with Gasteiger partial charge in [-0.2, -0.15) is 13.2 Å². The number of fused-ring (bicyclic) bond motifs is 3. The third-order valence-electron chi connectivity index (χ3n) is 6.25. The number of halogens is 4. The van der Waals surface area contributed by atoms with Crippen molar-refractivity contribution in [3.63, 3.8) is 0 Å². The second-order valence-electron chi connectivity index (χ2n) is 8.66. The van der Waals surface area contributed by atoms with Gasteiger partial charge in [0.25, 0.3) is 5.91 Å². The molecule has 2 unspecified atom stereocenters. The van der Waals surface area contributed by atoms with Crippen molar-refractivity contribution in [2.75, 3.05) is 29.9 Å². The molecule has 0 aliphatic carbocycles. The van der Waals surface area contributed by atoms with Crippen molar-refractivity contribution in [1.82, 2.24) is 10.3 Å². The van der Waals surface area contributed by atoms with Crippen LogP contribution in [0, 0.1) is 6.92 Å². The van der Waals surface area contributed by atoms with Crippen molar-refractivity contribution in [2.45, 2.75) is 31.6 Å². The van der Waals surface area contributed by atoms with Gasteiger partial charge in [-0.3, -0.25) is 4.79 Å². The number of benzene rings is 2. The Hall–Kier alpha value is -3.04. The molecule has 10 heteroatoms. The Balaban J connectivity index is 1.25. The standard InChI is InChI=1S/C24H22ClF3N4O2/c1-13-6-22(32-11-16-8-17(32)10-29-16)31-20-4-3-15(9-18(13)20)30-23(33)12-34-21-5-2-14(7-19(21)25)24(26,27)28/h2-7,9,16-17,29H,8,10-12H2,1H3,(H,30,33). The topological polar surface area (TPSA) is 66.5 Å². The van der Waals surface area contributed by atoms with E-state index in [0.717, 1.165) is 60.0 Å². The van der Waals surface area contributed by atoms with E-state index in [9.17, 15) is 18.0 Å². The molecule has 2 N–H and O–H groups in total. The lowest BCUT2D eigenvalue weighted by atomic mass is 10.1. The van der Waals surface area contributed by atoms with E-state index in [1.54, 1.807) is 6.07 Å². The number of carbonyl (C=O) groups excluding carboxylic acids is 1. The summed E-state index contributed by atoms with van der Waals surface area (Å²) in [6, 6.07) is 11.3. The molecule has 1 aromatic heterocycles. The number of amides is 1. The van der Waals surface area contributed by atoms with E-state index < -0.39 is 24.3 Å². The zero-order chi connectivity index (χ0) is 24.0. The molecule has 2 aromatic carbocycles. The van der Waals surface area contributed by atoms with Crippen LogP contribution in [-0.2, 0) is 11.0 Å². The van der Waals surface area contributed by atoms with Crippen LogP contribution in [0.4, 0.5) is 24.7 Å². The molecule has 0 saturated carbocycles. The van der Waals surface area contributed by atoms with Crippen LogP contribution in [0.5, 0.6) is 5.75 Å². The highest BCUT2D eigenvalue weighted by Crippen LogP contribution is 2.35. The van der Waals surface area contributed by atoms with Crippen LogP contribution in [0.2, 0.25) is 5.02 Å². The first-order valence-electron chi connectivity index (χ1n) is 10.9. The van der Waals surface area contributed by atoms with Gasteiger partial charge < -0.3 is 20.3 Å². The number of carbonyl (C=O) groups is 1. The van der Waals surface area contributed by atoms with Crippen LogP contribution in [0.3, 0.4) is 0 Å². The Kier molecular flexibility index (Phi) is 5.77. The van der Waals surface area contributed by atoms with E-state index in [-0.39, 0.29) is 10.8 Å². The number of anilines is 2. The second kappa shape index (κ2) is 8.63. The van der Waals surface area contributed by atoms with Gasteiger partial charge in [0.05, 0.1) is 16.1 Å². The Labute approximate surface area is 199 Å². The van der Waals surface area contributed by atoms with Crippen LogP contribution in [0.25, 0.3) is 10.9 Å². The van der Waals surface area contributed by atoms with E-state index in [4.69, 9.17) is 21.3 Å². The number of rotatable bonds is 5. The van der Waals surface area contributed by atoms with Crippen molar-refractivity contribution in [3.8, 4) is 5.75 Å². The molecule has 3 heterocycles. The van der Waals surface area contributed by atoms with Gasteiger partial charge in [0, 0.05) is 36.2 Å². The number of aromatic nitrogens is 1. The number of piperazine rings is 1. The maximum atomic E-state index is 12.8. The predicted molar refractivity (Wildman–Crippen MR) is 125 cm³/mol. The summed E-state index contributed by atoms with van der Waals surface area (Å²) in [5, 5.41) is 6.95. The highest BCUT2D eigenvalue weighted by atomic mass is 35.5. The first-order chi connectivity index (χ1) is 16.2. The Bertz CT molecular complexity index is 1270. The monoisotopic (exact) mass is 490 g/mol. The van der Waals surface area contributed by atoms with Crippen molar-refractivity contribution in [1.29, 1.82) is 0 Å². The lowest BCUT2D eigenvalue weighted by molar-refractivity contribution is -0.137. The molecule has 3 aromatic rings. The number of pyridine rings is 1. The molecule has 2 atom stereocenters. The quantitative estimate of drug-likeness (QED) is 0.538. The fourth-order valence-corrected chi connectivity index (χ4v) is 4.81. The maximum Gasteiger partial charge on any atom is 0.416 e. The second-order valence-corrected chi connectivity index (χ2v) is 9.06. The van der Waals surface area contributed by atoms with Crippen LogP contribution in [0.15, 0.2) is 42.5 Å². The third kappa shape index (κ3) is 4.50. The van der Waals surface area contributed by atoms with Crippen molar-refractivity contribution in [3.05, 3.63) is 58.6 Å². The van der Waals surface area contributed by atoms with E-state index in [0.29, 0.717) is 17.8 Å². The minimum Gasteiger partial charge on any atom is -0.482 e. The largest absolute Gasteiger partial charge is 0.482 e. The normalized spacial score (nSPS) is 19.6. The average molecular weight is 491 g/mol. The molecule has 2 bridgehead atoms. The van der Waals surface area contributed by atoms with Crippen LogP contribution >= 0.6 is 11.6 Å². The molecule has 6 nitrogen and oxygen atoms in total.